The van der Waals surface area contributed by atoms with Gasteiger partial charge in [-0.25, -0.2) is 0 Å². The van der Waals surface area contributed by atoms with E-state index in [0.29, 0.717) is 11.5 Å². The number of hydrogen-bond donors (Lipinski definition) is 2. The van der Waals surface area contributed by atoms with Crippen LogP contribution in [-0.2, 0) is 22.7 Å². The van der Waals surface area contributed by atoms with Crippen molar-refractivity contribution in [3.63, 3.8) is 0 Å². The molecule has 10 heteroatoms. The Morgan fingerprint density at radius 2 is 1.87 bits per heavy atom. The van der Waals surface area contributed by atoms with E-state index in [1.807, 2.05) is 31.2 Å². The molecule has 156 valence electrons. The number of carbonyl (C=O) groups is 2. The average Bonchev–Trinajstić information content (AvgIpc) is 3.46. The van der Waals surface area contributed by atoms with E-state index in [9.17, 15) is 9.59 Å². The van der Waals surface area contributed by atoms with Crippen molar-refractivity contribution in [1.82, 2.24) is 35.3 Å². The highest BCUT2D eigenvalue weighted by molar-refractivity contribution is 5.90. The zero-order valence-corrected chi connectivity index (χ0v) is 16.8. The maximum atomic E-state index is 12.3. The SMILES string of the molecule is Cc1ccc(-c2nnn(CC(=O)Nc3cnn(CC(=O)NC4CCCC4)c3)n2)cc1. The van der Waals surface area contributed by atoms with Gasteiger partial charge in [-0.2, -0.15) is 9.90 Å². The van der Waals surface area contributed by atoms with Gasteiger partial charge in [0.25, 0.3) is 0 Å². The fourth-order valence-corrected chi connectivity index (χ4v) is 3.46. The molecule has 0 unspecified atom stereocenters. The summed E-state index contributed by atoms with van der Waals surface area (Å²) in [6.07, 6.45) is 7.53. The molecule has 2 N–H and O–H groups in total. The molecule has 0 radical (unpaired) electrons. The summed E-state index contributed by atoms with van der Waals surface area (Å²) in [5.41, 5.74) is 2.49. The monoisotopic (exact) mass is 408 g/mol. The van der Waals surface area contributed by atoms with Gasteiger partial charge >= 0.3 is 0 Å². The van der Waals surface area contributed by atoms with E-state index in [1.165, 1.54) is 15.7 Å². The Morgan fingerprint density at radius 1 is 1.10 bits per heavy atom. The lowest BCUT2D eigenvalue weighted by Gasteiger charge is -2.11. The molecular formula is C20H24N8O2. The lowest BCUT2D eigenvalue weighted by atomic mass is 10.1. The summed E-state index contributed by atoms with van der Waals surface area (Å²) in [5.74, 6) is 0.0834. The lowest BCUT2D eigenvalue weighted by molar-refractivity contribution is -0.122. The summed E-state index contributed by atoms with van der Waals surface area (Å²) < 4.78 is 1.50. The van der Waals surface area contributed by atoms with Crippen LogP contribution >= 0.6 is 0 Å². The van der Waals surface area contributed by atoms with Gasteiger partial charge in [0.1, 0.15) is 13.1 Å². The number of rotatable bonds is 7. The smallest absolute Gasteiger partial charge is 0.248 e. The number of benzene rings is 1. The third kappa shape index (κ3) is 5.07. The van der Waals surface area contributed by atoms with E-state index in [-0.39, 0.29) is 30.9 Å². The van der Waals surface area contributed by atoms with Crippen LogP contribution < -0.4 is 10.6 Å². The van der Waals surface area contributed by atoms with Crippen molar-refractivity contribution in [2.75, 3.05) is 5.32 Å². The minimum atomic E-state index is -0.308. The van der Waals surface area contributed by atoms with Crippen molar-refractivity contribution >= 4 is 17.5 Å². The summed E-state index contributed by atoms with van der Waals surface area (Å²) in [5, 5.41) is 22.1. The molecule has 0 saturated heterocycles. The van der Waals surface area contributed by atoms with E-state index < -0.39 is 0 Å². The fourth-order valence-electron chi connectivity index (χ4n) is 3.46. The third-order valence-electron chi connectivity index (χ3n) is 4.99. The molecule has 1 saturated carbocycles. The molecule has 30 heavy (non-hydrogen) atoms. The van der Waals surface area contributed by atoms with Crippen molar-refractivity contribution in [2.45, 2.75) is 51.7 Å². The zero-order valence-electron chi connectivity index (χ0n) is 16.8. The Hall–Kier alpha value is -3.56. The van der Waals surface area contributed by atoms with Gasteiger partial charge in [-0.15, -0.1) is 10.2 Å². The first-order chi connectivity index (χ1) is 14.5. The molecule has 0 atom stereocenters. The third-order valence-corrected chi connectivity index (χ3v) is 4.99. The van der Waals surface area contributed by atoms with Crippen molar-refractivity contribution in [3.8, 4) is 11.4 Å². The average molecular weight is 408 g/mol. The van der Waals surface area contributed by atoms with Gasteiger partial charge < -0.3 is 10.6 Å². The number of aromatic nitrogens is 6. The number of nitrogens with zero attached hydrogens (tertiary/aromatic N) is 6. The maximum absolute atomic E-state index is 12.3. The van der Waals surface area contributed by atoms with Crippen molar-refractivity contribution < 1.29 is 9.59 Å². The highest BCUT2D eigenvalue weighted by atomic mass is 16.2. The largest absolute Gasteiger partial charge is 0.352 e. The van der Waals surface area contributed by atoms with Crippen molar-refractivity contribution in [1.29, 1.82) is 0 Å². The van der Waals surface area contributed by atoms with Crippen LogP contribution in [0.1, 0.15) is 31.2 Å². The number of anilines is 1. The molecule has 2 amide bonds. The summed E-state index contributed by atoms with van der Waals surface area (Å²) in [6.45, 7) is 2.05. The van der Waals surface area contributed by atoms with Gasteiger partial charge in [0, 0.05) is 17.8 Å². The Labute approximate surface area is 173 Å². The van der Waals surface area contributed by atoms with E-state index in [1.54, 1.807) is 6.20 Å². The van der Waals surface area contributed by atoms with Crippen LogP contribution in [0.4, 0.5) is 5.69 Å². The number of aryl methyl sites for hydroxylation is 1. The molecule has 10 nitrogen and oxygen atoms in total. The van der Waals surface area contributed by atoms with Crippen LogP contribution in [-0.4, -0.2) is 47.8 Å². The molecule has 1 aliphatic rings. The van der Waals surface area contributed by atoms with Crippen LogP contribution in [0.5, 0.6) is 0 Å². The second-order valence-corrected chi connectivity index (χ2v) is 7.53. The molecule has 3 aromatic rings. The van der Waals surface area contributed by atoms with E-state index in [0.717, 1.165) is 36.8 Å². The van der Waals surface area contributed by atoms with Crippen LogP contribution in [0.3, 0.4) is 0 Å². The molecule has 1 aliphatic carbocycles. The standard InChI is InChI=1S/C20H24N8O2/c1-14-6-8-15(9-7-14)20-24-26-28(25-20)13-19(30)23-17-10-21-27(11-17)12-18(29)22-16-4-2-3-5-16/h6-11,16H,2-5,12-13H2,1H3,(H,22,29)(H,23,30). The first-order valence-corrected chi connectivity index (χ1v) is 10.0. The normalized spacial score (nSPS) is 14.0. The molecule has 0 aliphatic heterocycles. The van der Waals surface area contributed by atoms with Gasteiger partial charge in [-0.05, 0) is 25.0 Å². The van der Waals surface area contributed by atoms with Crippen LogP contribution in [0.25, 0.3) is 11.4 Å². The van der Waals surface area contributed by atoms with Gasteiger partial charge in [0.05, 0.1) is 11.9 Å². The van der Waals surface area contributed by atoms with E-state index in [4.69, 9.17) is 0 Å². The number of amides is 2. The summed E-state index contributed by atoms with van der Waals surface area (Å²) in [4.78, 5) is 25.6. The summed E-state index contributed by atoms with van der Waals surface area (Å²) in [6, 6.07) is 8.03. The minimum Gasteiger partial charge on any atom is -0.352 e. The molecule has 1 fully saturated rings. The molecular weight excluding hydrogens is 384 g/mol. The van der Waals surface area contributed by atoms with Crippen molar-refractivity contribution in [3.05, 3.63) is 42.2 Å². The van der Waals surface area contributed by atoms with Gasteiger partial charge in [-0.1, -0.05) is 42.7 Å². The predicted octanol–water partition coefficient (Wildman–Crippen LogP) is 1.54. The number of carbonyl (C=O) groups excluding carboxylic acids is 2. The van der Waals surface area contributed by atoms with E-state index in [2.05, 4.69) is 31.1 Å². The van der Waals surface area contributed by atoms with E-state index >= 15 is 0 Å². The maximum Gasteiger partial charge on any atom is 0.248 e. The number of tetrazole rings is 1. The van der Waals surface area contributed by atoms with Gasteiger partial charge in [-0.3, -0.25) is 14.3 Å². The second-order valence-electron chi connectivity index (χ2n) is 7.53. The molecule has 2 aromatic heterocycles. The topological polar surface area (TPSA) is 120 Å². The highest BCUT2D eigenvalue weighted by Gasteiger charge is 2.17. The first kappa shape index (κ1) is 19.7. The van der Waals surface area contributed by atoms with Crippen molar-refractivity contribution in [2.24, 2.45) is 0 Å². The summed E-state index contributed by atoms with van der Waals surface area (Å²) in [7, 11) is 0. The second kappa shape index (κ2) is 8.85. The lowest BCUT2D eigenvalue weighted by Crippen LogP contribution is -2.35. The van der Waals surface area contributed by atoms with Crippen LogP contribution in [0, 0.1) is 6.92 Å². The Balaban J connectivity index is 1.28. The Bertz CT molecular complexity index is 1020. The quantitative estimate of drug-likeness (QED) is 0.612. The Morgan fingerprint density at radius 3 is 2.63 bits per heavy atom. The molecule has 0 bridgehead atoms. The minimum absolute atomic E-state index is 0.0710. The molecule has 2 heterocycles. The number of nitrogens with one attached hydrogen (secondary N) is 2. The molecule has 0 spiro atoms. The van der Waals surface area contributed by atoms with Gasteiger partial charge in [0.15, 0.2) is 0 Å². The predicted molar refractivity (Wildman–Crippen MR) is 109 cm³/mol. The highest BCUT2D eigenvalue weighted by Crippen LogP contribution is 2.17. The van der Waals surface area contributed by atoms with Crippen LogP contribution in [0.2, 0.25) is 0 Å². The summed E-state index contributed by atoms with van der Waals surface area (Å²) >= 11 is 0. The van der Waals surface area contributed by atoms with Crippen LogP contribution in [0.15, 0.2) is 36.7 Å². The number of hydrogen-bond acceptors (Lipinski definition) is 6. The fraction of sp³-hybridized carbons (Fsp3) is 0.400. The zero-order chi connectivity index (χ0) is 20.9. The van der Waals surface area contributed by atoms with Gasteiger partial charge in [0.2, 0.25) is 17.6 Å². The Kier molecular flexibility index (Phi) is 5.82. The molecule has 4 rings (SSSR count). The molecule has 1 aromatic carbocycles. The first-order valence-electron chi connectivity index (χ1n) is 10.0.